The highest BCUT2D eigenvalue weighted by atomic mass is 32.1. The number of hydrogen-bond acceptors (Lipinski definition) is 3. The molecule has 0 aliphatic rings. The maximum absolute atomic E-state index is 7.79. The van der Waals surface area contributed by atoms with Crippen LogP contribution in [0.1, 0.15) is 18.0 Å². The Morgan fingerprint density at radius 2 is 2.08 bits per heavy atom. The van der Waals surface area contributed by atoms with Crippen LogP contribution in [0.4, 0.5) is 0 Å². The maximum atomic E-state index is 7.79. The van der Waals surface area contributed by atoms with E-state index in [9.17, 15) is 0 Å². The first-order chi connectivity index (χ1) is 13.8. The summed E-state index contributed by atoms with van der Waals surface area (Å²) < 4.78 is 45.9. The minimum atomic E-state index is -2.42. The number of hydrogen-bond donors (Lipinski definition) is 0. The predicted octanol–water partition coefficient (Wildman–Crippen LogP) is 6.48. The Labute approximate surface area is 150 Å². The van der Waals surface area contributed by atoms with Gasteiger partial charge in [-0.1, -0.05) is 12.1 Å². The van der Waals surface area contributed by atoms with Crippen molar-refractivity contribution >= 4 is 43.4 Å². The zero-order chi connectivity index (χ0) is 20.3. The second-order valence-electron chi connectivity index (χ2n) is 5.71. The van der Waals surface area contributed by atoms with E-state index in [0.717, 1.165) is 21.7 Å². The molecule has 3 aromatic heterocycles. The molecule has 0 aliphatic carbocycles. The van der Waals surface area contributed by atoms with Crippen LogP contribution in [0.5, 0.6) is 0 Å². The average molecular weight is 334 g/mol. The molecule has 0 unspecified atom stereocenters. The summed E-state index contributed by atoms with van der Waals surface area (Å²) >= 11 is 1.67. The number of fused-ring (bicyclic) bond motifs is 5. The van der Waals surface area contributed by atoms with Crippen LogP contribution < -0.4 is 0 Å². The van der Waals surface area contributed by atoms with Crippen molar-refractivity contribution in [3.8, 4) is 11.3 Å². The molecule has 0 amide bonds. The van der Waals surface area contributed by atoms with Crippen LogP contribution in [0.3, 0.4) is 0 Å². The van der Waals surface area contributed by atoms with E-state index in [0.29, 0.717) is 16.8 Å². The van der Waals surface area contributed by atoms with Gasteiger partial charge in [0.05, 0.1) is 5.69 Å². The van der Waals surface area contributed by atoms with Gasteiger partial charge in [0.1, 0.15) is 11.2 Å². The summed E-state index contributed by atoms with van der Waals surface area (Å²) in [6.45, 7) is -3.84. The number of furan rings is 1. The number of aryl methyl sites for hydroxylation is 2. The Kier molecular flexibility index (Phi) is 1.97. The van der Waals surface area contributed by atoms with E-state index in [1.807, 2.05) is 30.3 Å². The fourth-order valence-corrected chi connectivity index (χ4v) is 3.96. The van der Waals surface area contributed by atoms with Crippen molar-refractivity contribution in [2.45, 2.75) is 13.7 Å². The third-order valence-corrected chi connectivity index (χ3v) is 5.19. The third-order valence-electron chi connectivity index (χ3n) is 4.31. The van der Waals surface area contributed by atoms with Gasteiger partial charge in [-0.25, -0.2) is 0 Å². The van der Waals surface area contributed by atoms with Crippen molar-refractivity contribution < 1.29 is 11.3 Å². The second kappa shape index (κ2) is 4.92. The summed E-state index contributed by atoms with van der Waals surface area (Å²) in [5.74, 6) is 0. The summed E-state index contributed by atoms with van der Waals surface area (Å²) in [6, 6.07) is 13.4. The lowest BCUT2D eigenvalue weighted by Crippen LogP contribution is -1.88. The summed E-state index contributed by atoms with van der Waals surface area (Å²) in [7, 11) is 0. The first-order valence-electron chi connectivity index (χ1n) is 10.2. The van der Waals surface area contributed by atoms with Gasteiger partial charge < -0.3 is 4.42 Å². The first kappa shape index (κ1) is 9.60. The lowest BCUT2D eigenvalue weighted by Gasteiger charge is -2.05. The largest absolute Gasteiger partial charge is 0.455 e. The molecule has 2 nitrogen and oxygen atoms in total. The van der Waals surface area contributed by atoms with Crippen molar-refractivity contribution in [3.63, 3.8) is 0 Å². The molecular weight excluding hydrogens is 314 g/mol. The number of benzene rings is 2. The fraction of sp³-hybridized carbons (Fsp3) is 0.0952. The minimum absolute atomic E-state index is 0.0620. The highest BCUT2D eigenvalue weighted by molar-refractivity contribution is 7.17. The standard InChI is InChI=1S/C21H15NOS/c1-12-10-17(22-11-13(12)2)14-4-3-5-16-20-15-8-9-24-19(15)7-6-18(20)23-21(14)16/h3-11H,1-2H3/i1D2,2D3. The number of para-hydroxylation sites is 1. The molecular formula is C21H15NOS. The van der Waals surface area contributed by atoms with Crippen molar-refractivity contribution in [3.05, 3.63) is 65.2 Å². The zero-order valence-corrected chi connectivity index (χ0v) is 13.4. The highest BCUT2D eigenvalue weighted by Gasteiger charge is 2.15. The molecule has 0 bridgehead atoms. The van der Waals surface area contributed by atoms with E-state index in [-0.39, 0.29) is 11.1 Å². The van der Waals surface area contributed by atoms with Crippen molar-refractivity contribution in [2.75, 3.05) is 0 Å². The summed E-state index contributed by atoms with van der Waals surface area (Å²) in [5.41, 5.74) is 2.70. The van der Waals surface area contributed by atoms with E-state index in [1.165, 1.54) is 17.0 Å². The molecule has 0 atom stereocenters. The van der Waals surface area contributed by atoms with E-state index in [2.05, 4.69) is 16.4 Å². The van der Waals surface area contributed by atoms with Crippen LogP contribution in [0.2, 0.25) is 0 Å². The number of nitrogens with zero attached hydrogens (tertiary/aromatic N) is 1. The molecule has 5 rings (SSSR count). The SMILES string of the molecule is [2H]C([2H])c1cc(-c2cccc3c2oc2ccc4sccc4c23)ncc1C([2H])([2H])[2H]. The van der Waals surface area contributed by atoms with Crippen LogP contribution in [-0.2, 0) is 0 Å². The van der Waals surface area contributed by atoms with Gasteiger partial charge in [-0.3, -0.25) is 4.98 Å². The molecule has 5 aromatic rings. The van der Waals surface area contributed by atoms with E-state index in [4.69, 9.17) is 11.3 Å². The van der Waals surface area contributed by atoms with Gasteiger partial charge in [-0.05, 0) is 60.6 Å². The van der Waals surface area contributed by atoms with Crippen LogP contribution >= 0.6 is 11.3 Å². The maximum Gasteiger partial charge on any atom is 0.144 e. The molecule has 0 fully saturated rings. The Hall–Kier alpha value is -2.65. The Balaban J connectivity index is 1.79. The van der Waals surface area contributed by atoms with E-state index < -0.39 is 13.7 Å². The molecule has 0 aliphatic heterocycles. The minimum Gasteiger partial charge on any atom is -0.455 e. The molecule has 0 radical (unpaired) electrons. The summed E-state index contributed by atoms with van der Waals surface area (Å²) in [4.78, 5) is 4.35. The van der Waals surface area contributed by atoms with E-state index in [1.54, 1.807) is 11.3 Å². The van der Waals surface area contributed by atoms with Crippen LogP contribution in [0.15, 0.2) is 58.5 Å². The quantitative estimate of drug-likeness (QED) is 0.350. The molecule has 0 spiro atoms. The molecule has 24 heavy (non-hydrogen) atoms. The molecule has 116 valence electrons. The van der Waals surface area contributed by atoms with E-state index >= 15 is 0 Å². The summed E-state index contributed by atoms with van der Waals surface area (Å²) in [6.07, 6.45) is 1.26. The van der Waals surface area contributed by atoms with Gasteiger partial charge in [0.25, 0.3) is 0 Å². The number of thiophene rings is 1. The number of pyridine rings is 1. The molecule has 0 saturated heterocycles. The Bertz CT molecular complexity index is 1380. The monoisotopic (exact) mass is 334 g/mol. The predicted molar refractivity (Wildman–Crippen MR) is 102 cm³/mol. The molecule has 2 aromatic carbocycles. The molecule has 0 N–H and O–H groups in total. The van der Waals surface area contributed by atoms with Crippen molar-refractivity contribution in [2.24, 2.45) is 0 Å². The van der Waals surface area contributed by atoms with Crippen LogP contribution in [0, 0.1) is 13.7 Å². The third kappa shape index (κ3) is 1.85. The molecule has 3 heterocycles. The lowest BCUT2D eigenvalue weighted by molar-refractivity contribution is 0.670. The van der Waals surface area contributed by atoms with Gasteiger partial charge >= 0.3 is 0 Å². The second-order valence-corrected chi connectivity index (χ2v) is 6.66. The highest BCUT2D eigenvalue weighted by Crippen LogP contribution is 2.39. The van der Waals surface area contributed by atoms with Crippen LogP contribution in [-0.4, -0.2) is 4.98 Å². The average Bonchev–Trinajstić information content (AvgIpc) is 3.30. The summed E-state index contributed by atoms with van der Waals surface area (Å²) in [5, 5.41) is 5.18. The normalized spacial score (nSPS) is 15.5. The first-order valence-corrected chi connectivity index (χ1v) is 8.39. The van der Waals surface area contributed by atoms with Crippen molar-refractivity contribution in [1.82, 2.24) is 4.98 Å². The van der Waals surface area contributed by atoms with Crippen LogP contribution in [0.25, 0.3) is 43.3 Å². The number of rotatable bonds is 1. The Morgan fingerprint density at radius 1 is 1.08 bits per heavy atom. The number of aromatic nitrogens is 1. The van der Waals surface area contributed by atoms with Gasteiger partial charge in [0.2, 0.25) is 0 Å². The van der Waals surface area contributed by atoms with Gasteiger partial charge in [-0.2, -0.15) is 0 Å². The van der Waals surface area contributed by atoms with Crippen molar-refractivity contribution in [1.29, 1.82) is 0 Å². The smallest absolute Gasteiger partial charge is 0.144 e. The van der Waals surface area contributed by atoms with Gasteiger partial charge in [0, 0.05) is 39.5 Å². The van der Waals surface area contributed by atoms with Gasteiger partial charge in [0.15, 0.2) is 0 Å². The fourth-order valence-electron chi connectivity index (χ4n) is 3.16. The van der Waals surface area contributed by atoms with Gasteiger partial charge in [-0.15, -0.1) is 11.3 Å². The molecule has 0 saturated carbocycles. The molecule has 3 heteroatoms. The lowest BCUT2D eigenvalue weighted by atomic mass is 10.0. The zero-order valence-electron chi connectivity index (χ0n) is 17.5. The Morgan fingerprint density at radius 3 is 3.00 bits per heavy atom. The topological polar surface area (TPSA) is 26.0 Å².